The van der Waals surface area contributed by atoms with Crippen LogP contribution >= 0.6 is 0 Å². The molecule has 0 aliphatic carbocycles. The summed E-state index contributed by atoms with van der Waals surface area (Å²) in [6.07, 6.45) is 1.96. The first kappa shape index (κ1) is 19.0. The molecule has 0 saturated carbocycles. The molecule has 1 heterocycles. The molecule has 25 heavy (non-hydrogen) atoms. The van der Waals surface area contributed by atoms with Crippen molar-refractivity contribution >= 4 is 17.6 Å². The van der Waals surface area contributed by atoms with Crippen LogP contribution in [0.2, 0.25) is 0 Å². The Hall–Kier alpha value is -2.37. The molecular formula is C19H24FNO4. The standard InChI is InChI=1S/C19H24FNO4/c1-5-24-17(22)14-6-7-15(16(20)12-14)13-8-10-21(11-9-13)18(23)25-19(2,3)4/h6-8,12H,5,9-11H2,1-4H3. The van der Waals surface area contributed by atoms with Gasteiger partial charge in [0.2, 0.25) is 0 Å². The lowest BCUT2D eigenvalue weighted by Gasteiger charge is -2.29. The van der Waals surface area contributed by atoms with Crippen LogP contribution in [0.15, 0.2) is 24.3 Å². The van der Waals surface area contributed by atoms with Gasteiger partial charge in [-0.2, -0.15) is 0 Å². The summed E-state index contributed by atoms with van der Waals surface area (Å²) < 4.78 is 24.6. The fourth-order valence-corrected chi connectivity index (χ4v) is 2.52. The van der Waals surface area contributed by atoms with Crippen LogP contribution in [-0.2, 0) is 9.47 Å². The van der Waals surface area contributed by atoms with Gasteiger partial charge in [-0.05, 0) is 51.8 Å². The molecule has 0 aromatic heterocycles. The summed E-state index contributed by atoms with van der Waals surface area (Å²) in [4.78, 5) is 25.3. The molecule has 1 aliphatic heterocycles. The number of nitrogens with zero attached hydrogens (tertiary/aromatic N) is 1. The van der Waals surface area contributed by atoms with Crippen molar-refractivity contribution in [2.24, 2.45) is 0 Å². The lowest BCUT2D eigenvalue weighted by molar-refractivity contribution is 0.0270. The molecule has 6 heteroatoms. The second kappa shape index (κ2) is 7.68. The first-order chi connectivity index (χ1) is 11.7. The highest BCUT2D eigenvalue weighted by molar-refractivity contribution is 5.90. The summed E-state index contributed by atoms with van der Waals surface area (Å²) in [5.74, 6) is -1.01. The molecule has 0 N–H and O–H groups in total. The first-order valence-electron chi connectivity index (χ1n) is 8.35. The maximum Gasteiger partial charge on any atom is 0.410 e. The van der Waals surface area contributed by atoms with Crippen molar-refractivity contribution in [2.75, 3.05) is 19.7 Å². The largest absolute Gasteiger partial charge is 0.462 e. The predicted molar refractivity (Wildman–Crippen MR) is 92.8 cm³/mol. The fourth-order valence-electron chi connectivity index (χ4n) is 2.52. The van der Waals surface area contributed by atoms with E-state index >= 15 is 0 Å². The maximum atomic E-state index is 14.4. The van der Waals surface area contributed by atoms with Gasteiger partial charge in [-0.25, -0.2) is 14.0 Å². The minimum absolute atomic E-state index is 0.190. The second-order valence-corrected chi connectivity index (χ2v) is 6.82. The van der Waals surface area contributed by atoms with E-state index in [1.54, 1.807) is 24.0 Å². The zero-order chi connectivity index (χ0) is 18.6. The van der Waals surface area contributed by atoms with Gasteiger partial charge >= 0.3 is 12.1 Å². The molecular weight excluding hydrogens is 325 g/mol. The fraction of sp³-hybridized carbons (Fsp3) is 0.474. The van der Waals surface area contributed by atoms with Crippen molar-refractivity contribution in [3.8, 4) is 0 Å². The van der Waals surface area contributed by atoms with Crippen LogP contribution in [0.25, 0.3) is 5.57 Å². The minimum Gasteiger partial charge on any atom is -0.462 e. The van der Waals surface area contributed by atoms with Crippen LogP contribution in [-0.4, -0.2) is 42.3 Å². The maximum absolute atomic E-state index is 14.4. The Morgan fingerprint density at radius 2 is 2.00 bits per heavy atom. The van der Waals surface area contributed by atoms with Crippen LogP contribution < -0.4 is 0 Å². The summed E-state index contributed by atoms with van der Waals surface area (Å²) in [5, 5.41) is 0. The summed E-state index contributed by atoms with van der Waals surface area (Å²) in [7, 11) is 0. The Morgan fingerprint density at radius 3 is 2.52 bits per heavy atom. The molecule has 136 valence electrons. The monoisotopic (exact) mass is 349 g/mol. The second-order valence-electron chi connectivity index (χ2n) is 6.82. The zero-order valence-electron chi connectivity index (χ0n) is 15.1. The van der Waals surface area contributed by atoms with Gasteiger partial charge in [0, 0.05) is 18.7 Å². The molecule has 0 atom stereocenters. The van der Waals surface area contributed by atoms with Crippen molar-refractivity contribution in [1.29, 1.82) is 0 Å². The van der Waals surface area contributed by atoms with Gasteiger partial charge in [-0.3, -0.25) is 0 Å². The van der Waals surface area contributed by atoms with Crippen LogP contribution in [0.1, 0.15) is 50.0 Å². The summed E-state index contributed by atoms with van der Waals surface area (Å²) in [6.45, 7) is 8.21. The van der Waals surface area contributed by atoms with Crippen LogP contribution in [0.3, 0.4) is 0 Å². The number of benzene rings is 1. The molecule has 1 aromatic carbocycles. The molecule has 0 spiro atoms. The highest BCUT2D eigenvalue weighted by atomic mass is 19.1. The van der Waals surface area contributed by atoms with E-state index in [4.69, 9.17) is 9.47 Å². The third kappa shape index (κ3) is 5.05. The number of halogens is 1. The van der Waals surface area contributed by atoms with Gasteiger partial charge < -0.3 is 14.4 Å². The first-order valence-corrected chi connectivity index (χ1v) is 8.35. The normalized spacial score (nSPS) is 14.8. The number of ether oxygens (including phenoxy) is 2. The number of carbonyl (C=O) groups excluding carboxylic acids is 2. The van der Waals surface area contributed by atoms with Crippen molar-refractivity contribution in [3.05, 3.63) is 41.2 Å². The number of rotatable bonds is 3. The Morgan fingerprint density at radius 1 is 1.28 bits per heavy atom. The van der Waals surface area contributed by atoms with E-state index in [0.717, 1.165) is 5.57 Å². The SMILES string of the molecule is CCOC(=O)c1ccc(C2=CCN(C(=O)OC(C)(C)C)CC2)c(F)c1. The molecule has 0 bridgehead atoms. The molecule has 1 aromatic rings. The number of hydrogen-bond acceptors (Lipinski definition) is 4. The number of carbonyl (C=O) groups is 2. The molecule has 1 amide bonds. The van der Waals surface area contributed by atoms with E-state index in [0.29, 0.717) is 25.1 Å². The Labute approximate surface area is 147 Å². The average Bonchev–Trinajstić information content (AvgIpc) is 2.53. The van der Waals surface area contributed by atoms with Gasteiger partial charge in [0.25, 0.3) is 0 Å². The van der Waals surface area contributed by atoms with E-state index in [1.165, 1.54) is 6.07 Å². The Kier molecular flexibility index (Phi) is 5.82. The van der Waals surface area contributed by atoms with Gasteiger partial charge in [-0.15, -0.1) is 0 Å². The van der Waals surface area contributed by atoms with E-state index < -0.39 is 17.4 Å². The third-order valence-corrected chi connectivity index (χ3v) is 3.69. The van der Waals surface area contributed by atoms with Crippen molar-refractivity contribution in [2.45, 2.75) is 39.7 Å². The van der Waals surface area contributed by atoms with Crippen molar-refractivity contribution < 1.29 is 23.5 Å². The highest BCUT2D eigenvalue weighted by Crippen LogP contribution is 2.26. The van der Waals surface area contributed by atoms with Crippen LogP contribution in [0.4, 0.5) is 9.18 Å². The van der Waals surface area contributed by atoms with Gasteiger partial charge in [0.05, 0.1) is 12.2 Å². The summed E-state index contributed by atoms with van der Waals surface area (Å²) in [6, 6.07) is 4.32. The average molecular weight is 349 g/mol. The molecule has 0 fully saturated rings. The quantitative estimate of drug-likeness (QED) is 0.773. The van der Waals surface area contributed by atoms with Gasteiger partial charge in [0.15, 0.2) is 0 Å². The number of hydrogen-bond donors (Lipinski definition) is 0. The number of esters is 1. The van der Waals surface area contributed by atoms with E-state index in [2.05, 4.69) is 0 Å². The van der Waals surface area contributed by atoms with Crippen molar-refractivity contribution in [1.82, 2.24) is 4.90 Å². The van der Waals surface area contributed by atoms with Gasteiger partial charge in [-0.1, -0.05) is 12.1 Å². The Bertz CT molecular complexity index is 691. The molecule has 0 unspecified atom stereocenters. The Balaban J connectivity index is 2.08. The lowest BCUT2D eigenvalue weighted by Crippen LogP contribution is -2.39. The van der Waals surface area contributed by atoms with Gasteiger partial charge in [0.1, 0.15) is 11.4 Å². The summed E-state index contributed by atoms with van der Waals surface area (Å²) in [5.41, 5.74) is 0.898. The molecule has 2 rings (SSSR count). The molecule has 1 aliphatic rings. The number of amides is 1. The van der Waals surface area contributed by atoms with Crippen LogP contribution in [0, 0.1) is 5.82 Å². The third-order valence-electron chi connectivity index (χ3n) is 3.69. The van der Waals surface area contributed by atoms with Crippen LogP contribution in [0.5, 0.6) is 0 Å². The minimum atomic E-state index is -0.546. The smallest absolute Gasteiger partial charge is 0.410 e. The van der Waals surface area contributed by atoms with E-state index in [1.807, 2.05) is 26.8 Å². The van der Waals surface area contributed by atoms with E-state index in [9.17, 15) is 14.0 Å². The molecule has 0 saturated heterocycles. The van der Waals surface area contributed by atoms with Crippen molar-refractivity contribution in [3.63, 3.8) is 0 Å². The van der Waals surface area contributed by atoms with E-state index in [-0.39, 0.29) is 18.3 Å². The topological polar surface area (TPSA) is 55.8 Å². The highest BCUT2D eigenvalue weighted by Gasteiger charge is 2.24. The lowest BCUT2D eigenvalue weighted by atomic mass is 9.98. The molecule has 5 nitrogen and oxygen atoms in total. The molecule has 0 radical (unpaired) electrons. The predicted octanol–water partition coefficient (Wildman–Crippen LogP) is 4.03. The summed E-state index contributed by atoms with van der Waals surface area (Å²) >= 11 is 0. The zero-order valence-corrected chi connectivity index (χ0v) is 15.1.